The van der Waals surface area contributed by atoms with E-state index in [-0.39, 0.29) is 11.3 Å². The lowest BCUT2D eigenvalue weighted by atomic mass is 9.87. The number of fused-ring (bicyclic) bond motifs is 1. The molecule has 23 heavy (non-hydrogen) atoms. The number of anilines is 1. The van der Waals surface area contributed by atoms with Crippen molar-refractivity contribution in [3.63, 3.8) is 0 Å². The second kappa shape index (κ2) is 5.73. The van der Waals surface area contributed by atoms with Crippen molar-refractivity contribution in [1.29, 1.82) is 0 Å². The Kier molecular flexibility index (Phi) is 3.75. The van der Waals surface area contributed by atoms with Crippen LogP contribution in [0.5, 0.6) is 0 Å². The molecule has 0 aliphatic carbocycles. The third-order valence-electron chi connectivity index (χ3n) is 3.69. The van der Waals surface area contributed by atoms with E-state index in [1.807, 2.05) is 0 Å². The molecule has 0 bridgehead atoms. The van der Waals surface area contributed by atoms with Gasteiger partial charge in [-0.1, -0.05) is 25.8 Å². The molecule has 3 rings (SSSR count). The standard InChI is InChI=1S/C18H18N4O/c1-18(2)9-15-14(17(23)21-11-18)8-12(10-20-15)6-7-13-4-3-5-16(19)22-13/h3-5,8,10H,9,11H2,1-2H3,(H2,19,22)(H,21,23). The Balaban J connectivity index is 1.94. The van der Waals surface area contributed by atoms with Crippen molar-refractivity contribution in [2.45, 2.75) is 20.3 Å². The van der Waals surface area contributed by atoms with Gasteiger partial charge in [-0.05, 0) is 36.0 Å². The molecule has 0 saturated heterocycles. The Bertz CT molecular complexity index is 830. The molecular formula is C18H18N4O. The summed E-state index contributed by atoms with van der Waals surface area (Å²) >= 11 is 0. The minimum absolute atomic E-state index is 0.00735. The summed E-state index contributed by atoms with van der Waals surface area (Å²) in [6.07, 6.45) is 2.46. The van der Waals surface area contributed by atoms with Crippen molar-refractivity contribution < 1.29 is 4.79 Å². The second-order valence-corrected chi connectivity index (χ2v) is 6.44. The summed E-state index contributed by atoms with van der Waals surface area (Å²) in [5.41, 5.74) is 8.32. The first kappa shape index (κ1) is 15.0. The highest BCUT2D eigenvalue weighted by molar-refractivity contribution is 5.96. The number of hydrogen-bond acceptors (Lipinski definition) is 4. The minimum atomic E-state index is -0.0937. The smallest absolute Gasteiger partial charge is 0.253 e. The molecule has 2 aromatic heterocycles. The van der Waals surface area contributed by atoms with Crippen molar-refractivity contribution in [3.8, 4) is 11.8 Å². The van der Waals surface area contributed by atoms with Crippen LogP contribution in [0.4, 0.5) is 5.82 Å². The van der Waals surface area contributed by atoms with Crippen LogP contribution in [-0.4, -0.2) is 22.4 Å². The minimum Gasteiger partial charge on any atom is -0.384 e. The molecule has 0 spiro atoms. The molecule has 1 aliphatic rings. The molecule has 5 heteroatoms. The van der Waals surface area contributed by atoms with E-state index in [9.17, 15) is 4.79 Å². The number of nitrogen functional groups attached to an aromatic ring is 1. The Morgan fingerprint density at radius 3 is 2.91 bits per heavy atom. The maximum Gasteiger partial charge on any atom is 0.253 e. The van der Waals surface area contributed by atoms with Crippen LogP contribution in [0.25, 0.3) is 0 Å². The van der Waals surface area contributed by atoms with E-state index in [2.05, 4.69) is 41.0 Å². The first-order valence-corrected chi connectivity index (χ1v) is 7.45. The topological polar surface area (TPSA) is 80.9 Å². The van der Waals surface area contributed by atoms with Gasteiger partial charge >= 0.3 is 0 Å². The van der Waals surface area contributed by atoms with Crippen LogP contribution in [0.15, 0.2) is 30.5 Å². The number of hydrogen-bond donors (Lipinski definition) is 2. The van der Waals surface area contributed by atoms with E-state index < -0.39 is 0 Å². The molecule has 5 nitrogen and oxygen atoms in total. The summed E-state index contributed by atoms with van der Waals surface area (Å²) in [7, 11) is 0. The maximum absolute atomic E-state index is 12.2. The van der Waals surface area contributed by atoms with Crippen LogP contribution in [0, 0.1) is 17.3 Å². The number of carbonyl (C=O) groups is 1. The van der Waals surface area contributed by atoms with Crippen LogP contribution < -0.4 is 11.1 Å². The van der Waals surface area contributed by atoms with E-state index in [1.165, 1.54) is 0 Å². The summed E-state index contributed by atoms with van der Waals surface area (Å²) in [5.74, 6) is 6.27. The molecule has 0 fully saturated rings. The largest absolute Gasteiger partial charge is 0.384 e. The summed E-state index contributed by atoms with van der Waals surface area (Å²) < 4.78 is 0. The first-order valence-electron chi connectivity index (χ1n) is 7.45. The number of aromatic nitrogens is 2. The van der Waals surface area contributed by atoms with Crippen molar-refractivity contribution in [2.75, 3.05) is 12.3 Å². The van der Waals surface area contributed by atoms with E-state index in [0.717, 1.165) is 12.1 Å². The van der Waals surface area contributed by atoms with E-state index in [4.69, 9.17) is 5.73 Å². The van der Waals surface area contributed by atoms with Crippen LogP contribution >= 0.6 is 0 Å². The SMILES string of the molecule is CC1(C)CNC(=O)c2cc(C#Cc3cccc(N)n3)cnc2C1. The third-order valence-corrected chi connectivity index (χ3v) is 3.69. The number of amides is 1. The zero-order valence-corrected chi connectivity index (χ0v) is 13.2. The maximum atomic E-state index is 12.2. The van der Waals surface area contributed by atoms with Gasteiger partial charge in [0.05, 0.1) is 11.3 Å². The van der Waals surface area contributed by atoms with Crippen molar-refractivity contribution in [1.82, 2.24) is 15.3 Å². The quantitative estimate of drug-likeness (QED) is 0.727. The normalized spacial score (nSPS) is 15.7. The molecule has 3 N–H and O–H groups in total. The van der Waals surface area contributed by atoms with Crippen molar-refractivity contribution in [2.24, 2.45) is 5.41 Å². The molecule has 0 radical (unpaired) electrons. The lowest BCUT2D eigenvalue weighted by Gasteiger charge is -2.21. The number of nitrogens with zero attached hydrogens (tertiary/aromatic N) is 2. The molecule has 0 unspecified atom stereocenters. The Hall–Kier alpha value is -2.87. The van der Waals surface area contributed by atoms with Gasteiger partial charge in [0, 0.05) is 18.3 Å². The Morgan fingerprint density at radius 2 is 2.13 bits per heavy atom. The van der Waals surface area contributed by atoms with Gasteiger partial charge in [-0.2, -0.15) is 0 Å². The highest BCUT2D eigenvalue weighted by Crippen LogP contribution is 2.25. The summed E-state index contributed by atoms with van der Waals surface area (Å²) in [4.78, 5) is 20.8. The van der Waals surface area contributed by atoms with Gasteiger partial charge < -0.3 is 11.1 Å². The van der Waals surface area contributed by atoms with Gasteiger partial charge in [0.2, 0.25) is 0 Å². The van der Waals surface area contributed by atoms with Gasteiger partial charge in [-0.25, -0.2) is 4.98 Å². The summed E-state index contributed by atoms with van der Waals surface area (Å²) in [5, 5.41) is 2.94. The predicted molar refractivity (Wildman–Crippen MR) is 88.7 cm³/mol. The van der Waals surface area contributed by atoms with Gasteiger partial charge in [-0.15, -0.1) is 0 Å². The molecule has 0 saturated carbocycles. The molecule has 116 valence electrons. The van der Waals surface area contributed by atoms with Gasteiger partial charge in [0.15, 0.2) is 0 Å². The first-order chi connectivity index (χ1) is 10.9. The number of nitrogens with one attached hydrogen (secondary N) is 1. The third kappa shape index (κ3) is 3.49. The van der Waals surface area contributed by atoms with Crippen LogP contribution in [0.2, 0.25) is 0 Å². The summed E-state index contributed by atoms with van der Waals surface area (Å²) in [6.45, 7) is 4.86. The van der Waals surface area contributed by atoms with Gasteiger partial charge in [-0.3, -0.25) is 9.78 Å². The number of carbonyl (C=O) groups excluding carboxylic acids is 1. The molecule has 2 aromatic rings. The van der Waals surface area contributed by atoms with Crippen molar-refractivity contribution >= 4 is 11.7 Å². The number of rotatable bonds is 0. The van der Waals surface area contributed by atoms with Gasteiger partial charge in [0.25, 0.3) is 5.91 Å². The molecule has 0 aromatic carbocycles. The lowest BCUT2D eigenvalue weighted by molar-refractivity contribution is 0.0944. The van der Waals surface area contributed by atoms with E-state index >= 15 is 0 Å². The molecule has 3 heterocycles. The predicted octanol–water partition coefficient (Wildman–Crippen LogP) is 1.77. The van der Waals surface area contributed by atoms with Crippen LogP contribution in [0.1, 0.15) is 41.2 Å². The number of pyridine rings is 2. The average molecular weight is 306 g/mol. The fourth-order valence-electron chi connectivity index (χ4n) is 2.49. The summed E-state index contributed by atoms with van der Waals surface area (Å²) in [6, 6.07) is 7.09. The molecule has 1 aliphatic heterocycles. The van der Waals surface area contributed by atoms with Crippen LogP contribution in [-0.2, 0) is 6.42 Å². The van der Waals surface area contributed by atoms with Crippen LogP contribution in [0.3, 0.4) is 0 Å². The molecule has 1 amide bonds. The zero-order chi connectivity index (χ0) is 16.4. The van der Waals surface area contributed by atoms with E-state index in [0.29, 0.717) is 29.2 Å². The van der Waals surface area contributed by atoms with E-state index in [1.54, 1.807) is 30.5 Å². The average Bonchev–Trinajstić information content (AvgIpc) is 2.62. The zero-order valence-electron chi connectivity index (χ0n) is 13.2. The fraction of sp³-hybridized carbons (Fsp3) is 0.278. The molecule has 0 atom stereocenters. The Labute approximate surface area is 135 Å². The number of nitrogens with two attached hydrogens (primary N) is 1. The van der Waals surface area contributed by atoms with Gasteiger partial charge in [0.1, 0.15) is 11.5 Å². The Morgan fingerprint density at radius 1 is 1.30 bits per heavy atom. The highest BCUT2D eigenvalue weighted by atomic mass is 16.1. The fourth-order valence-corrected chi connectivity index (χ4v) is 2.49. The van der Waals surface area contributed by atoms with Crippen molar-refractivity contribution in [3.05, 3.63) is 53.0 Å². The molecular weight excluding hydrogens is 288 g/mol. The second-order valence-electron chi connectivity index (χ2n) is 6.44. The monoisotopic (exact) mass is 306 g/mol. The highest BCUT2D eigenvalue weighted by Gasteiger charge is 2.27. The lowest BCUT2D eigenvalue weighted by Crippen LogP contribution is -2.31.